The second-order valence-electron chi connectivity index (χ2n) is 10.5. The Bertz CT molecular complexity index is 1160. The molecular formula is C30H38N2O4. The van der Waals surface area contributed by atoms with E-state index in [0.717, 1.165) is 29.3 Å². The van der Waals surface area contributed by atoms with Crippen LogP contribution in [0.15, 0.2) is 54.7 Å². The minimum atomic E-state index is -0.485. The predicted octanol–water partition coefficient (Wildman–Crippen LogP) is 6.56. The molecule has 2 aromatic carbocycles. The Morgan fingerprint density at radius 3 is 2.44 bits per heavy atom. The predicted molar refractivity (Wildman–Crippen MR) is 143 cm³/mol. The fourth-order valence-electron chi connectivity index (χ4n) is 4.93. The van der Waals surface area contributed by atoms with Crippen LogP contribution in [0.1, 0.15) is 50.8 Å². The van der Waals surface area contributed by atoms with Gasteiger partial charge in [0.15, 0.2) is 0 Å². The van der Waals surface area contributed by atoms with Gasteiger partial charge in [-0.1, -0.05) is 42.5 Å². The van der Waals surface area contributed by atoms with Crippen molar-refractivity contribution in [2.75, 3.05) is 33.4 Å². The number of hydrogen-bond acceptors (Lipinski definition) is 5. The number of aryl methyl sites for hydroxylation is 1. The third-order valence-corrected chi connectivity index (χ3v) is 6.78. The highest BCUT2D eigenvalue weighted by atomic mass is 16.6. The number of hydrogen-bond donors (Lipinski definition) is 0. The molecule has 192 valence electrons. The van der Waals surface area contributed by atoms with Crippen LogP contribution in [0, 0.1) is 12.8 Å². The van der Waals surface area contributed by atoms with Gasteiger partial charge in [-0.3, -0.25) is 4.98 Å². The van der Waals surface area contributed by atoms with Gasteiger partial charge in [0.1, 0.15) is 5.60 Å². The summed E-state index contributed by atoms with van der Waals surface area (Å²) >= 11 is 0. The first kappa shape index (κ1) is 26.1. The molecule has 0 aliphatic carbocycles. The van der Waals surface area contributed by atoms with Crippen LogP contribution in [-0.4, -0.2) is 55.0 Å². The first-order valence-electron chi connectivity index (χ1n) is 12.8. The lowest BCUT2D eigenvalue weighted by Crippen LogP contribution is -2.42. The van der Waals surface area contributed by atoms with Crippen LogP contribution in [0.4, 0.5) is 4.79 Å². The van der Waals surface area contributed by atoms with Crippen LogP contribution in [0.5, 0.6) is 0 Å². The lowest BCUT2D eigenvalue weighted by molar-refractivity contribution is -0.0346. The van der Waals surface area contributed by atoms with Gasteiger partial charge in [0, 0.05) is 31.8 Å². The number of carbonyl (C=O) groups is 1. The Morgan fingerprint density at radius 1 is 1.06 bits per heavy atom. The molecule has 1 amide bonds. The van der Waals surface area contributed by atoms with Crippen LogP contribution >= 0.6 is 0 Å². The fraction of sp³-hybridized carbons (Fsp3) is 0.467. The Labute approximate surface area is 214 Å². The third-order valence-electron chi connectivity index (χ3n) is 6.78. The first-order valence-corrected chi connectivity index (χ1v) is 12.8. The maximum absolute atomic E-state index is 12.5. The molecule has 0 bridgehead atoms. The van der Waals surface area contributed by atoms with Crippen molar-refractivity contribution in [1.82, 2.24) is 9.88 Å². The average Bonchev–Trinajstić information content (AvgIpc) is 2.87. The summed E-state index contributed by atoms with van der Waals surface area (Å²) in [6.45, 7) is 10.3. The molecule has 1 unspecified atom stereocenters. The molecule has 0 spiro atoms. The van der Waals surface area contributed by atoms with E-state index in [9.17, 15) is 4.79 Å². The molecule has 1 aliphatic rings. The summed E-state index contributed by atoms with van der Waals surface area (Å²) in [5.74, 6) is 0.318. The van der Waals surface area contributed by atoms with Crippen LogP contribution in [0.3, 0.4) is 0 Å². The number of nitrogens with zero attached hydrogens (tertiary/aromatic N) is 2. The molecule has 1 aliphatic heterocycles. The average molecular weight is 491 g/mol. The molecule has 0 N–H and O–H groups in total. The normalized spacial score (nSPS) is 15.8. The summed E-state index contributed by atoms with van der Waals surface area (Å²) in [5, 5.41) is 1.15. The van der Waals surface area contributed by atoms with Gasteiger partial charge in [-0.15, -0.1) is 0 Å². The highest BCUT2D eigenvalue weighted by Gasteiger charge is 2.32. The van der Waals surface area contributed by atoms with E-state index >= 15 is 0 Å². The largest absolute Gasteiger partial charge is 0.444 e. The lowest BCUT2D eigenvalue weighted by atomic mass is 9.86. The first-order chi connectivity index (χ1) is 17.3. The van der Waals surface area contributed by atoms with Crippen LogP contribution in [0.2, 0.25) is 0 Å². The number of piperidine rings is 1. The Kier molecular flexibility index (Phi) is 8.27. The molecule has 3 aromatic rings. The SMILES string of the molecule is COCCOC(c1ccc(-c2ccc3cccnc3c2C)cc1)C1CCN(C(=O)OC(C)(C)C)CC1. The monoisotopic (exact) mass is 490 g/mol. The van der Waals surface area contributed by atoms with E-state index in [1.54, 1.807) is 7.11 Å². The van der Waals surface area contributed by atoms with Crippen molar-refractivity contribution in [3.8, 4) is 11.1 Å². The van der Waals surface area contributed by atoms with Gasteiger partial charge in [-0.25, -0.2) is 4.79 Å². The summed E-state index contributed by atoms with van der Waals surface area (Å²) in [4.78, 5) is 18.9. The molecule has 4 rings (SSSR count). The molecule has 36 heavy (non-hydrogen) atoms. The highest BCUT2D eigenvalue weighted by Crippen LogP contribution is 2.36. The standard InChI is InChI=1S/C30H38N2O4/c1-21-26(13-12-23-7-6-16-31-27(21)23)22-8-10-24(11-9-22)28(35-20-19-34-5)25-14-17-32(18-15-25)29(33)36-30(2,3)4/h6-13,16,25,28H,14-15,17-20H2,1-5H3. The van der Waals surface area contributed by atoms with E-state index in [0.29, 0.717) is 32.2 Å². The number of rotatable bonds is 7. The third kappa shape index (κ3) is 6.23. The zero-order valence-corrected chi connectivity index (χ0v) is 22.1. The van der Waals surface area contributed by atoms with Crippen molar-refractivity contribution < 1.29 is 19.0 Å². The Hall–Kier alpha value is -2.96. The van der Waals surface area contributed by atoms with Crippen molar-refractivity contribution in [3.05, 3.63) is 65.9 Å². The highest BCUT2D eigenvalue weighted by molar-refractivity contribution is 5.88. The quantitative estimate of drug-likeness (QED) is 0.351. The lowest BCUT2D eigenvalue weighted by Gasteiger charge is -2.36. The number of aromatic nitrogens is 1. The second kappa shape index (κ2) is 11.4. The maximum Gasteiger partial charge on any atom is 0.410 e. The molecule has 1 aromatic heterocycles. The van der Waals surface area contributed by atoms with Gasteiger partial charge in [0.05, 0.1) is 24.8 Å². The number of carbonyl (C=O) groups excluding carboxylic acids is 1. The summed E-state index contributed by atoms with van der Waals surface area (Å²) in [6, 6.07) is 17.1. The zero-order chi connectivity index (χ0) is 25.7. The number of fused-ring (bicyclic) bond motifs is 1. The molecule has 6 nitrogen and oxygen atoms in total. The smallest absolute Gasteiger partial charge is 0.410 e. The van der Waals surface area contributed by atoms with Crippen molar-refractivity contribution >= 4 is 17.0 Å². The number of pyridine rings is 1. The van der Waals surface area contributed by atoms with Gasteiger partial charge < -0.3 is 19.1 Å². The zero-order valence-electron chi connectivity index (χ0n) is 22.1. The Morgan fingerprint density at radius 2 is 1.78 bits per heavy atom. The van der Waals surface area contributed by atoms with E-state index in [1.807, 2.05) is 37.9 Å². The minimum absolute atomic E-state index is 0.0469. The number of benzene rings is 2. The van der Waals surface area contributed by atoms with Crippen molar-refractivity contribution in [1.29, 1.82) is 0 Å². The van der Waals surface area contributed by atoms with Gasteiger partial charge in [0.25, 0.3) is 0 Å². The van der Waals surface area contributed by atoms with Gasteiger partial charge in [-0.2, -0.15) is 0 Å². The molecule has 1 saturated heterocycles. The summed E-state index contributed by atoms with van der Waals surface area (Å²) in [5.41, 5.74) is 5.25. The molecule has 2 heterocycles. The van der Waals surface area contributed by atoms with Crippen molar-refractivity contribution in [2.45, 2.75) is 52.2 Å². The number of likely N-dealkylation sites (tertiary alicyclic amines) is 1. The van der Waals surface area contributed by atoms with Crippen LogP contribution < -0.4 is 0 Å². The van der Waals surface area contributed by atoms with Crippen molar-refractivity contribution in [3.63, 3.8) is 0 Å². The molecule has 0 saturated carbocycles. The second-order valence-corrected chi connectivity index (χ2v) is 10.5. The van der Waals surface area contributed by atoms with Gasteiger partial charge >= 0.3 is 6.09 Å². The summed E-state index contributed by atoms with van der Waals surface area (Å²) in [7, 11) is 1.69. The maximum atomic E-state index is 12.5. The number of ether oxygens (including phenoxy) is 3. The summed E-state index contributed by atoms with van der Waals surface area (Å²) < 4.78 is 17.1. The molecule has 6 heteroatoms. The van der Waals surface area contributed by atoms with E-state index in [1.165, 1.54) is 16.7 Å². The van der Waals surface area contributed by atoms with Crippen LogP contribution in [0.25, 0.3) is 22.0 Å². The van der Waals surface area contributed by atoms with Crippen molar-refractivity contribution in [2.24, 2.45) is 5.92 Å². The fourth-order valence-corrected chi connectivity index (χ4v) is 4.93. The Balaban J connectivity index is 1.50. The van der Waals surface area contributed by atoms with E-state index in [-0.39, 0.29) is 12.2 Å². The number of methoxy groups -OCH3 is 1. The minimum Gasteiger partial charge on any atom is -0.444 e. The summed E-state index contributed by atoms with van der Waals surface area (Å²) in [6.07, 6.45) is 3.30. The van der Waals surface area contributed by atoms with Gasteiger partial charge in [-0.05, 0) is 74.8 Å². The number of amides is 1. The molecule has 1 atom stereocenters. The molecule has 1 fully saturated rings. The van der Waals surface area contributed by atoms with E-state index in [4.69, 9.17) is 14.2 Å². The molecular weight excluding hydrogens is 452 g/mol. The topological polar surface area (TPSA) is 60.9 Å². The van der Waals surface area contributed by atoms with E-state index < -0.39 is 5.60 Å². The van der Waals surface area contributed by atoms with Crippen LogP contribution in [-0.2, 0) is 14.2 Å². The van der Waals surface area contributed by atoms with Gasteiger partial charge in [0.2, 0.25) is 0 Å². The van der Waals surface area contributed by atoms with E-state index in [2.05, 4.69) is 54.4 Å². The molecule has 0 radical (unpaired) electrons.